The Morgan fingerprint density at radius 1 is 1.21 bits per heavy atom. The average molecular weight is 538 g/mol. The minimum atomic E-state index is -0.948. The van der Waals surface area contributed by atoms with Crippen molar-refractivity contribution in [2.45, 2.75) is 76.9 Å². The van der Waals surface area contributed by atoms with E-state index in [1.54, 1.807) is 13.1 Å². The maximum atomic E-state index is 14.8. The Morgan fingerprint density at radius 2 is 2.00 bits per heavy atom. The number of hydrogen-bond acceptors (Lipinski definition) is 6. The summed E-state index contributed by atoms with van der Waals surface area (Å²) in [4.78, 5) is 19.1. The van der Waals surface area contributed by atoms with Crippen LogP contribution in [0.5, 0.6) is 0 Å². The highest BCUT2D eigenvalue weighted by Gasteiger charge is 2.40. The molecule has 1 aromatic carbocycles. The van der Waals surface area contributed by atoms with Crippen LogP contribution in [0, 0.1) is 5.82 Å². The standard InChI is InChI=1S/C30H40FN5O3/c1-30(2,3)27-24-22(13-14-23(31)26(24)35(4)34-27)25(29(37)38)36-17-21(18-36)39-16-7-5-6-10-20-12-11-19-9-8-15-32-28(19)33-20/h11-14,21,25H,5-10,15-18H2,1-4H3,(H,32,33)(H,37,38). The Morgan fingerprint density at radius 3 is 2.74 bits per heavy atom. The van der Waals surface area contributed by atoms with Crippen molar-refractivity contribution < 1.29 is 19.0 Å². The lowest BCUT2D eigenvalue weighted by Gasteiger charge is -2.42. The Bertz CT molecular complexity index is 1340. The minimum Gasteiger partial charge on any atom is -0.480 e. The van der Waals surface area contributed by atoms with E-state index in [-0.39, 0.29) is 11.5 Å². The molecule has 1 atom stereocenters. The van der Waals surface area contributed by atoms with E-state index in [0.29, 0.717) is 41.9 Å². The lowest BCUT2D eigenvalue weighted by atomic mass is 9.86. The molecule has 2 aliphatic heterocycles. The van der Waals surface area contributed by atoms with Gasteiger partial charge in [0.25, 0.3) is 0 Å². The Balaban J connectivity index is 1.13. The van der Waals surface area contributed by atoms with Gasteiger partial charge in [0, 0.05) is 49.8 Å². The van der Waals surface area contributed by atoms with Crippen LogP contribution in [-0.4, -0.2) is 63.1 Å². The van der Waals surface area contributed by atoms with Crippen LogP contribution in [0.4, 0.5) is 10.2 Å². The number of fused-ring (bicyclic) bond motifs is 2. The van der Waals surface area contributed by atoms with Gasteiger partial charge >= 0.3 is 5.97 Å². The number of unbranched alkanes of at least 4 members (excludes halogenated alkanes) is 2. The molecule has 8 nitrogen and oxygen atoms in total. The third-order valence-corrected chi connectivity index (χ3v) is 7.83. The van der Waals surface area contributed by atoms with Crippen LogP contribution in [0.1, 0.15) is 75.0 Å². The molecule has 210 valence electrons. The van der Waals surface area contributed by atoms with Crippen molar-refractivity contribution in [2.24, 2.45) is 7.05 Å². The van der Waals surface area contributed by atoms with Crippen molar-refractivity contribution in [3.63, 3.8) is 0 Å². The second-order valence-corrected chi connectivity index (χ2v) is 11.9. The summed E-state index contributed by atoms with van der Waals surface area (Å²) >= 11 is 0. The SMILES string of the molecule is Cn1nc(C(C)(C)C)c2c(C(C(=O)O)N3CC(OCCCCCc4ccc5c(n4)NCCC5)C3)ccc(F)c21. The zero-order valence-corrected chi connectivity index (χ0v) is 23.5. The third-order valence-electron chi connectivity index (χ3n) is 7.83. The molecular formula is C30H40FN5O3. The maximum Gasteiger partial charge on any atom is 0.325 e. The van der Waals surface area contributed by atoms with Crippen molar-refractivity contribution in [1.82, 2.24) is 19.7 Å². The summed E-state index contributed by atoms with van der Waals surface area (Å²) in [6.45, 7) is 8.75. The van der Waals surface area contributed by atoms with E-state index in [9.17, 15) is 14.3 Å². The van der Waals surface area contributed by atoms with Crippen molar-refractivity contribution in [3.8, 4) is 0 Å². The topological polar surface area (TPSA) is 92.5 Å². The predicted octanol–water partition coefficient (Wildman–Crippen LogP) is 5.00. The number of ether oxygens (including phenoxy) is 1. The normalized spacial score (nSPS) is 17.1. The minimum absolute atomic E-state index is 0.00663. The number of carboxylic acid groups (broad SMARTS) is 1. The molecule has 39 heavy (non-hydrogen) atoms. The molecule has 9 heteroatoms. The Hall–Kier alpha value is -3.04. The number of nitrogens with zero attached hydrogens (tertiary/aromatic N) is 4. The number of nitrogens with one attached hydrogen (secondary N) is 1. The summed E-state index contributed by atoms with van der Waals surface area (Å²) in [6, 6.07) is 6.43. The van der Waals surface area contributed by atoms with E-state index in [2.05, 4.69) is 22.5 Å². The molecule has 3 aromatic rings. The Kier molecular flexibility index (Phi) is 7.91. The van der Waals surface area contributed by atoms with Crippen LogP contribution < -0.4 is 5.32 Å². The van der Waals surface area contributed by atoms with Gasteiger partial charge < -0.3 is 15.2 Å². The quantitative estimate of drug-likeness (QED) is 0.352. The fourth-order valence-corrected chi connectivity index (χ4v) is 5.76. The van der Waals surface area contributed by atoms with Gasteiger partial charge in [-0.2, -0.15) is 5.10 Å². The number of carbonyl (C=O) groups is 1. The maximum absolute atomic E-state index is 14.8. The van der Waals surface area contributed by atoms with Gasteiger partial charge in [-0.3, -0.25) is 14.4 Å². The molecule has 2 N–H and O–H groups in total. The van der Waals surface area contributed by atoms with Gasteiger partial charge in [0.05, 0.1) is 11.8 Å². The van der Waals surface area contributed by atoms with Crippen LogP contribution in [0.15, 0.2) is 24.3 Å². The van der Waals surface area contributed by atoms with Crippen LogP contribution in [0.2, 0.25) is 0 Å². The van der Waals surface area contributed by atoms with Gasteiger partial charge in [0.2, 0.25) is 0 Å². The second-order valence-electron chi connectivity index (χ2n) is 11.9. The van der Waals surface area contributed by atoms with E-state index >= 15 is 0 Å². The van der Waals surface area contributed by atoms with Crippen molar-refractivity contribution >= 4 is 22.7 Å². The number of aryl methyl sites for hydroxylation is 3. The van der Waals surface area contributed by atoms with Gasteiger partial charge in [-0.05, 0) is 55.4 Å². The molecule has 0 aliphatic carbocycles. The molecule has 1 unspecified atom stereocenters. The summed E-state index contributed by atoms with van der Waals surface area (Å²) in [7, 11) is 1.70. The molecular weight excluding hydrogens is 497 g/mol. The van der Waals surface area contributed by atoms with Crippen LogP contribution in [0.25, 0.3) is 10.9 Å². The van der Waals surface area contributed by atoms with E-state index < -0.39 is 17.8 Å². The van der Waals surface area contributed by atoms with E-state index in [4.69, 9.17) is 9.72 Å². The highest BCUT2D eigenvalue weighted by Crippen LogP contribution is 2.38. The van der Waals surface area contributed by atoms with Crippen LogP contribution in [0.3, 0.4) is 0 Å². The first-order valence-corrected chi connectivity index (χ1v) is 14.1. The highest BCUT2D eigenvalue weighted by atomic mass is 19.1. The van der Waals surface area contributed by atoms with Crippen molar-refractivity contribution in [3.05, 3.63) is 52.6 Å². The molecule has 0 spiro atoms. The lowest BCUT2D eigenvalue weighted by molar-refractivity contribution is -0.150. The molecule has 5 rings (SSSR count). The smallest absolute Gasteiger partial charge is 0.325 e. The number of rotatable bonds is 10. The van der Waals surface area contributed by atoms with Gasteiger partial charge in [-0.15, -0.1) is 0 Å². The van der Waals surface area contributed by atoms with E-state index in [1.807, 2.05) is 25.7 Å². The average Bonchev–Trinajstić information content (AvgIpc) is 3.23. The summed E-state index contributed by atoms with van der Waals surface area (Å²) in [5.41, 5.74) is 3.73. The number of benzene rings is 1. The highest BCUT2D eigenvalue weighted by molar-refractivity contribution is 5.91. The summed E-state index contributed by atoms with van der Waals surface area (Å²) in [5.74, 6) is -0.292. The monoisotopic (exact) mass is 537 g/mol. The summed E-state index contributed by atoms with van der Waals surface area (Å²) in [5, 5.41) is 18.8. The molecule has 0 amide bonds. The third kappa shape index (κ3) is 5.79. The van der Waals surface area contributed by atoms with Crippen LogP contribution in [-0.2, 0) is 34.8 Å². The second kappa shape index (κ2) is 11.2. The zero-order valence-electron chi connectivity index (χ0n) is 23.5. The van der Waals surface area contributed by atoms with Gasteiger partial charge in [-0.1, -0.05) is 39.3 Å². The first-order chi connectivity index (χ1) is 18.6. The number of aliphatic carboxylic acids is 1. The molecule has 1 saturated heterocycles. The van der Waals surface area contributed by atoms with Gasteiger partial charge in [0.1, 0.15) is 23.2 Å². The number of anilines is 1. The van der Waals surface area contributed by atoms with Gasteiger partial charge in [-0.25, -0.2) is 9.37 Å². The number of halogens is 1. The van der Waals surface area contributed by atoms with E-state index in [1.165, 1.54) is 22.7 Å². The van der Waals surface area contributed by atoms with E-state index in [0.717, 1.165) is 50.2 Å². The molecule has 0 radical (unpaired) electrons. The summed E-state index contributed by atoms with van der Waals surface area (Å²) < 4.78 is 22.4. The fraction of sp³-hybridized carbons (Fsp3) is 0.567. The molecule has 2 aliphatic rings. The first-order valence-electron chi connectivity index (χ1n) is 14.1. The van der Waals surface area contributed by atoms with Crippen molar-refractivity contribution in [1.29, 1.82) is 0 Å². The molecule has 0 bridgehead atoms. The largest absolute Gasteiger partial charge is 0.480 e. The molecule has 4 heterocycles. The molecule has 0 saturated carbocycles. The van der Waals surface area contributed by atoms with Crippen LogP contribution >= 0.6 is 0 Å². The first kappa shape index (κ1) is 27.5. The zero-order chi connectivity index (χ0) is 27.7. The lowest BCUT2D eigenvalue weighted by Crippen LogP contribution is -2.55. The fourth-order valence-electron chi connectivity index (χ4n) is 5.76. The number of hydrogen-bond donors (Lipinski definition) is 2. The molecule has 1 fully saturated rings. The number of likely N-dealkylation sites (tertiary alicyclic amines) is 1. The Labute approximate surface area is 229 Å². The number of carboxylic acids is 1. The van der Waals surface area contributed by atoms with Crippen molar-refractivity contribution in [2.75, 3.05) is 31.6 Å². The number of pyridine rings is 1. The predicted molar refractivity (Wildman–Crippen MR) is 150 cm³/mol. The van der Waals surface area contributed by atoms with Gasteiger partial charge in [0.15, 0.2) is 0 Å². The summed E-state index contributed by atoms with van der Waals surface area (Å²) in [6.07, 6.45) is 6.33. The number of aromatic nitrogens is 3. The molecule has 2 aromatic heterocycles.